The molecule has 0 amide bonds. The first kappa shape index (κ1) is 13.3. The Bertz CT molecular complexity index is 521. The van der Waals surface area contributed by atoms with Crippen molar-refractivity contribution < 1.29 is 9.53 Å². The molecule has 1 aliphatic heterocycles. The summed E-state index contributed by atoms with van der Waals surface area (Å²) in [4.78, 5) is 32.2. The summed E-state index contributed by atoms with van der Waals surface area (Å²) in [6, 6.07) is 0. The molecule has 0 saturated carbocycles. The van der Waals surface area contributed by atoms with Gasteiger partial charge in [-0.3, -0.25) is 9.98 Å². The van der Waals surface area contributed by atoms with Gasteiger partial charge in [0.25, 0.3) is 0 Å². The third-order valence-corrected chi connectivity index (χ3v) is 4.46. The van der Waals surface area contributed by atoms with Crippen molar-refractivity contribution in [3.8, 4) is 0 Å². The van der Waals surface area contributed by atoms with Crippen molar-refractivity contribution in [1.82, 2.24) is 9.97 Å². The summed E-state index contributed by atoms with van der Waals surface area (Å²) < 4.78 is 5.87. The average molecular weight is 287 g/mol. The third-order valence-electron chi connectivity index (χ3n) is 2.18. The highest BCUT2D eigenvalue weighted by Crippen LogP contribution is 2.25. The highest BCUT2D eigenvalue weighted by atomic mass is 32.2. The van der Waals surface area contributed by atoms with Crippen molar-refractivity contribution >= 4 is 33.9 Å². The number of aromatic nitrogens is 2. The first-order valence-electron chi connectivity index (χ1n) is 5.49. The number of rotatable bonds is 4. The summed E-state index contributed by atoms with van der Waals surface area (Å²) >= 11 is 3.20. The number of imidazole rings is 1. The van der Waals surface area contributed by atoms with Crippen LogP contribution in [0.1, 0.15) is 23.1 Å². The Hall–Kier alpha value is -1.15. The normalized spacial score (nSPS) is 14.6. The van der Waals surface area contributed by atoms with Crippen LogP contribution in [-0.2, 0) is 10.5 Å². The second-order valence-electron chi connectivity index (χ2n) is 3.44. The van der Waals surface area contributed by atoms with E-state index in [1.54, 1.807) is 18.7 Å². The fourth-order valence-electron chi connectivity index (χ4n) is 1.44. The number of H-pyrrole nitrogens is 2. The predicted octanol–water partition coefficient (Wildman–Crippen LogP) is 1.22. The molecule has 1 aromatic rings. The average Bonchev–Trinajstić information content (AvgIpc) is 2.95. The van der Waals surface area contributed by atoms with Crippen molar-refractivity contribution in [2.75, 3.05) is 18.9 Å². The number of carbonyl (C=O) groups excluding carboxylic acids is 1. The van der Waals surface area contributed by atoms with Crippen LogP contribution in [0.4, 0.5) is 0 Å². The minimum Gasteiger partial charge on any atom is -0.461 e. The minimum atomic E-state index is -0.507. The van der Waals surface area contributed by atoms with E-state index in [-0.39, 0.29) is 12.3 Å². The lowest BCUT2D eigenvalue weighted by molar-refractivity contribution is 0.0519. The highest BCUT2D eigenvalue weighted by molar-refractivity contribution is 8.38. The SMILES string of the molecule is CCOC(=O)c1[nH]c(=O)[nH]c1CSC1=NCCS1. The van der Waals surface area contributed by atoms with Crippen LogP contribution in [0.2, 0.25) is 0 Å². The topological polar surface area (TPSA) is 87.3 Å². The lowest BCUT2D eigenvalue weighted by Crippen LogP contribution is -2.09. The van der Waals surface area contributed by atoms with Gasteiger partial charge < -0.3 is 9.72 Å². The van der Waals surface area contributed by atoms with Crippen LogP contribution in [0.5, 0.6) is 0 Å². The number of nitrogens with one attached hydrogen (secondary N) is 2. The molecular weight excluding hydrogens is 274 g/mol. The number of carbonyl (C=O) groups is 1. The zero-order valence-corrected chi connectivity index (χ0v) is 11.4. The highest BCUT2D eigenvalue weighted by Gasteiger charge is 2.17. The van der Waals surface area contributed by atoms with Crippen molar-refractivity contribution in [3.05, 3.63) is 21.9 Å². The van der Waals surface area contributed by atoms with Crippen molar-refractivity contribution in [2.45, 2.75) is 12.7 Å². The van der Waals surface area contributed by atoms with Gasteiger partial charge in [0.2, 0.25) is 0 Å². The number of aromatic amines is 2. The van der Waals surface area contributed by atoms with Crippen LogP contribution in [0, 0.1) is 0 Å². The number of esters is 1. The fraction of sp³-hybridized carbons (Fsp3) is 0.500. The van der Waals surface area contributed by atoms with E-state index in [0.29, 0.717) is 11.4 Å². The number of thioether (sulfide) groups is 2. The van der Waals surface area contributed by atoms with E-state index >= 15 is 0 Å². The molecule has 2 N–H and O–H groups in total. The Balaban J connectivity index is 2.06. The largest absolute Gasteiger partial charge is 0.461 e. The molecule has 0 bridgehead atoms. The number of aliphatic imine (C=N–C) groups is 1. The second kappa shape index (κ2) is 6.14. The quantitative estimate of drug-likeness (QED) is 0.813. The Kier molecular flexibility index (Phi) is 4.54. The van der Waals surface area contributed by atoms with E-state index < -0.39 is 11.7 Å². The van der Waals surface area contributed by atoms with Crippen LogP contribution >= 0.6 is 23.5 Å². The van der Waals surface area contributed by atoms with Crippen molar-refractivity contribution in [1.29, 1.82) is 0 Å². The summed E-state index contributed by atoms with van der Waals surface area (Å²) in [5.41, 5.74) is 0.367. The predicted molar refractivity (Wildman–Crippen MR) is 73.4 cm³/mol. The van der Waals surface area contributed by atoms with E-state index in [2.05, 4.69) is 15.0 Å². The molecule has 98 valence electrons. The molecule has 2 rings (SSSR count). The lowest BCUT2D eigenvalue weighted by atomic mass is 10.3. The molecule has 2 heterocycles. The van der Waals surface area contributed by atoms with Gasteiger partial charge in [-0.1, -0.05) is 23.5 Å². The van der Waals surface area contributed by atoms with E-state index in [1.165, 1.54) is 11.8 Å². The van der Waals surface area contributed by atoms with E-state index in [0.717, 1.165) is 16.7 Å². The van der Waals surface area contributed by atoms with Gasteiger partial charge in [0.05, 0.1) is 18.8 Å². The summed E-state index contributed by atoms with van der Waals surface area (Å²) in [5.74, 6) is 0.989. The van der Waals surface area contributed by atoms with Crippen LogP contribution in [-0.4, -0.2) is 39.2 Å². The first-order chi connectivity index (χ1) is 8.70. The Morgan fingerprint density at radius 1 is 1.56 bits per heavy atom. The zero-order chi connectivity index (χ0) is 13.0. The minimum absolute atomic E-state index is 0.206. The molecule has 0 radical (unpaired) electrons. The van der Waals surface area contributed by atoms with Gasteiger partial charge in [0, 0.05) is 11.5 Å². The molecule has 0 saturated heterocycles. The van der Waals surface area contributed by atoms with E-state index in [9.17, 15) is 9.59 Å². The molecular formula is C10H13N3O3S2. The molecule has 18 heavy (non-hydrogen) atoms. The molecule has 0 aliphatic carbocycles. The van der Waals surface area contributed by atoms with Crippen LogP contribution in [0.15, 0.2) is 9.79 Å². The maximum Gasteiger partial charge on any atom is 0.356 e. The van der Waals surface area contributed by atoms with Crippen molar-refractivity contribution in [3.63, 3.8) is 0 Å². The maximum absolute atomic E-state index is 11.6. The van der Waals surface area contributed by atoms with Gasteiger partial charge in [-0.15, -0.1) is 0 Å². The van der Waals surface area contributed by atoms with Gasteiger partial charge in [0.1, 0.15) is 10.1 Å². The summed E-state index contributed by atoms with van der Waals surface area (Å²) in [6.45, 7) is 2.84. The van der Waals surface area contributed by atoms with E-state index in [4.69, 9.17) is 4.74 Å². The third kappa shape index (κ3) is 3.20. The summed E-state index contributed by atoms with van der Waals surface area (Å²) in [7, 11) is 0. The Morgan fingerprint density at radius 3 is 3.06 bits per heavy atom. The number of nitrogens with zero attached hydrogens (tertiary/aromatic N) is 1. The van der Waals surface area contributed by atoms with Crippen LogP contribution in [0.3, 0.4) is 0 Å². The van der Waals surface area contributed by atoms with Crippen LogP contribution in [0.25, 0.3) is 0 Å². The van der Waals surface area contributed by atoms with Gasteiger partial charge in [-0.05, 0) is 6.92 Å². The smallest absolute Gasteiger partial charge is 0.356 e. The lowest BCUT2D eigenvalue weighted by Gasteiger charge is -2.02. The van der Waals surface area contributed by atoms with Gasteiger partial charge >= 0.3 is 11.7 Å². The van der Waals surface area contributed by atoms with Gasteiger partial charge in [0.15, 0.2) is 0 Å². The maximum atomic E-state index is 11.6. The van der Waals surface area contributed by atoms with Crippen LogP contribution < -0.4 is 5.69 Å². The first-order valence-corrected chi connectivity index (χ1v) is 7.46. The molecule has 8 heteroatoms. The molecule has 0 spiro atoms. The van der Waals surface area contributed by atoms with Crippen molar-refractivity contribution in [2.24, 2.45) is 4.99 Å². The molecule has 6 nitrogen and oxygen atoms in total. The number of ether oxygens (including phenoxy) is 1. The number of hydrogen-bond donors (Lipinski definition) is 2. The van der Waals surface area contributed by atoms with E-state index in [1.807, 2.05) is 0 Å². The Morgan fingerprint density at radius 2 is 2.39 bits per heavy atom. The summed E-state index contributed by atoms with van der Waals surface area (Å²) in [5, 5.41) is 0. The molecule has 0 atom stereocenters. The van der Waals surface area contributed by atoms with Gasteiger partial charge in [-0.25, -0.2) is 9.59 Å². The molecule has 0 unspecified atom stereocenters. The molecule has 0 aromatic carbocycles. The standard InChI is InChI=1S/C10H13N3O3S2/c1-2-16-8(14)7-6(12-9(15)13-7)5-18-10-11-3-4-17-10/h2-5H2,1H3,(H2,12,13,15). The zero-order valence-electron chi connectivity index (χ0n) is 9.82. The monoisotopic (exact) mass is 287 g/mol. The second-order valence-corrected chi connectivity index (χ2v) is 5.74. The molecule has 1 aromatic heterocycles. The Labute approximate surface area is 112 Å². The number of hydrogen-bond acceptors (Lipinski definition) is 6. The molecule has 0 fully saturated rings. The van der Waals surface area contributed by atoms with Gasteiger partial charge in [-0.2, -0.15) is 0 Å². The fourth-order valence-corrected chi connectivity index (χ4v) is 3.41. The molecule has 1 aliphatic rings. The summed E-state index contributed by atoms with van der Waals surface area (Å²) in [6.07, 6.45) is 0.